The van der Waals surface area contributed by atoms with E-state index in [-0.39, 0.29) is 16.7 Å². The van der Waals surface area contributed by atoms with Crippen LogP contribution < -0.4 is 21.5 Å². The van der Waals surface area contributed by atoms with E-state index in [2.05, 4.69) is 23.0 Å². The van der Waals surface area contributed by atoms with E-state index in [1.807, 2.05) is 4.57 Å². The number of hydrogen-bond acceptors (Lipinski definition) is 5. The number of ether oxygens (including phenoxy) is 1. The molecule has 0 atom stereocenters. The molecule has 0 spiro atoms. The van der Waals surface area contributed by atoms with Gasteiger partial charge in [0.2, 0.25) is 5.88 Å². The zero-order valence-electron chi connectivity index (χ0n) is 12.4. The maximum absolute atomic E-state index is 10.1. The molecule has 0 aliphatic heterocycles. The molecule has 1 heterocycles. The van der Waals surface area contributed by atoms with Gasteiger partial charge in [0.15, 0.2) is 10.8 Å². The number of fused-ring (bicyclic) bond motifs is 1. The highest BCUT2D eigenvalue weighted by Crippen LogP contribution is 2.02. The number of methoxy groups -OCH3 is 1. The van der Waals surface area contributed by atoms with Gasteiger partial charge in [0.05, 0.1) is 17.6 Å². The lowest BCUT2D eigenvalue weighted by molar-refractivity contribution is 0.200. The molecule has 2 rings (SSSR count). The van der Waals surface area contributed by atoms with E-state index in [0.717, 1.165) is 30.3 Å². The second kappa shape index (κ2) is 7.08. The molecule has 0 aromatic carbocycles. The third kappa shape index (κ3) is 3.33. The van der Waals surface area contributed by atoms with Gasteiger partial charge in [-0.2, -0.15) is 0 Å². The van der Waals surface area contributed by atoms with Crippen molar-refractivity contribution in [1.82, 2.24) is 14.9 Å². The summed E-state index contributed by atoms with van der Waals surface area (Å²) in [6.45, 7) is 5.21. The van der Waals surface area contributed by atoms with Crippen molar-refractivity contribution < 1.29 is 9.84 Å². The van der Waals surface area contributed by atoms with Crippen molar-refractivity contribution in [2.75, 3.05) is 20.3 Å². The van der Waals surface area contributed by atoms with Crippen molar-refractivity contribution in [3.63, 3.8) is 0 Å². The minimum atomic E-state index is -0.0803. The number of allylic oxidation sites excluding steroid dienone is 1. The average Bonchev–Trinajstić information content (AvgIpc) is 2.50. The molecule has 0 amide bonds. The molecule has 0 unspecified atom stereocenters. The second-order valence-corrected chi connectivity index (χ2v) is 4.90. The number of aromatic nitrogens is 2. The van der Waals surface area contributed by atoms with Crippen molar-refractivity contribution in [2.24, 2.45) is 0 Å². The molecular formula is C15H22N4O2. The Morgan fingerprint density at radius 2 is 2.48 bits per heavy atom. The summed E-state index contributed by atoms with van der Waals surface area (Å²) in [5.41, 5.74) is 1.11. The number of nitrogens with one attached hydrogen (secondary N) is 2. The Morgan fingerprint density at radius 1 is 1.67 bits per heavy atom. The summed E-state index contributed by atoms with van der Waals surface area (Å²) < 4.78 is 6.76. The van der Waals surface area contributed by atoms with Crippen LogP contribution in [0.2, 0.25) is 0 Å². The lowest BCUT2D eigenvalue weighted by atomic mass is 10.1. The van der Waals surface area contributed by atoms with Crippen LogP contribution >= 0.6 is 0 Å². The van der Waals surface area contributed by atoms with Gasteiger partial charge in [0.25, 0.3) is 0 Å². The average molecular weight is 290 g/mol. The molecule has 0 saturated heterocycles. The number of nitrogens with zero attached hydrogens (tertiary/aromatic N) is 2. The maximum Gasteiger partial charge on any atom is 0.214 e. The molecule has 0 radical (unpaired) electrons. The minimum Gasteiger partial charge on any atom is -0.493 e. The molecule has 0 saturated carbocycles. The Hall–Kier alpha value is -2.08. The van der Waals surface area contributed by atoms with Gasteiger partial charge in [-0.3, -0.25) is 5.41 Å². The van der Waals surface area contributed by atoms with Crippen molar-refractivity contribution >= 4 is 12.0 Å². The summed E-state index contributed by atoms with van der Waals surface area (Å²) in [5.74, 6) is -0.0803. The molecule has 6 nitrogen and oxygen atoms in total. The van der Waals surface area contributed by atoms with Crippen LogP contribution in [-0.2, 0) is 17.7 Å². The van der Waals surface area contributed by atoms with Gasteiger partial charge in [0, 0.05) is 20.2 Å². The molecule has 1 aromatic heterocycles. The zero-order chi connectivity index (χ0) is 15.2. The first-order chi connectivity index (χ1) is 10.2. The summed E-state index contributed by atoms with van der Waals surface area (Å²) in [6.07, 6.45) is 6.75. The molecular weight excluding hydrogens is 268 g/mol. The van der Waals surface area contributed by atoms with Crippen molar-refractivity contribution in [3.05, 3.63) is 34.5 Å². The third-order valence-corrected chi connectivity index (χ3v) is 3.42. The lowest BCUT2D eigenvalue weighted by Gasteiger charge is -2.14. The standard InChI is InChI=1S/C15H22N4O2/c1-3-9-19-12-7-5-4-6-11(12)18-13(14(19)16)15(20)17-8-10-21-2/h3,7,16-17,20H,1,4-6,8-10H2,2H3/b15-13+,16-14?. The van der Waals surface area contributed by atoms with Crippen molar-refractivity contribution in [1.29, 1.82) is 5.41 Å². The zero-order valence-corrected chi connectivity index (χ0v) is 12.4. The third-order valence-electron chi connectivity index (χ3n) is 3.42. The number of rotatable bonds is 6. The molecule has 1 aliphatic rings. The highest BCUT2D eigenvalue weighted by Gasteiger charge is 2.11. The predicted octanol–water partition coefficient (Wildman–Crippen LogP) is -0.475. The van der Waals surface area contributed by atoms with Crippen molar-refractivity contribution in [3.8, 4) is 0 Å². The molecule has 114 valence electrons. The van der Waals surface area contributed by atoms with E-state index < -0.39 is 0 Å². The van der Waals surface area contributed by atoms with Crippen LogP contribution in [0.4, 0.5) is 0 Å². The summed E-state index contributed by atoms with van der Waals surface area (Å²) in [4.78, 5) is 4.47. The van der Waals surface area contributed by atoms with Gasteiger partial charge in [-0.1, -0.05) is 12.2 Å². The Morgan fingerprint density at radius 3 is 3.19 bits per heavy atom. The first kappa shape index (κ1) is 15.3. The van der Waals surface area contributed by atoms with Crippen LogP contribution in [-0.4, -0.2) is 34.9 Å². The monoisotopic (exact) mass is 290 g/mol. The fraction of sp³-hybridized carbons (Fsp3) is 0.467. The van der Waals surface area contributed by atoms with Gasteiger partial charge in [-0.15, -0.1) is 6.58 Å². The van der Waals surface area contributed by atoms with Crippen LogP contribution in [0.1, 0.15) is 18.5 Å². The lowest BCUT2D eigenvalue weighted by Crippen LogP contribution is -2.49. The SMILES string of the molecule is C=CCn1c2c(n/c(=C(/O)NCCOC)c1=N)CCCC=2. The van der Waals surface area contributed by atoms with E-state index in [4.69, 9.17) is 10.1 Å². The van der Waals surface area contributed by atoms with Gasteiger partial charge < -0.3 is 19.7 Å². The molecule has 6 heteroatoms. The van der Waals surface area contributed by atoms with Crippen LogP contribution in [0.15, 0.2) is 12.7 Å². The van der Waals surface area contributed by atoms with Crippen LogP contribution in [0.25, 0.3) is 12.0 Å². The van der Waals surface area contributed by atoms with E-state index in [0.29, 0.717) is 19.7 Å². The Kier molecular flexibility index (Phi) is 5.16. The fourth-order valence-electron chi connectivity index (χ4n) is 2.41. The normalized spacial score (nSPS) is 14.9. The van der Waals surface area contributed by atoms with E-state index >= 15 is 0 Å². The largest absolute Gasteiger partial charge is 0.493 e. The molecule has 0 fully saturated rings. The number of aliphatic hydroxyl groups excluding tert-OH is 1. The maximum atomic E-state index is 10.1. The van der Waals surface area contributed by atoms with Gasteiger partial charge >= 0.3 is 0 Å². The Labute approximate surface area is 123 Å². The minimum absolute atomic E-state index is 0.0803. The first-order valence-electron chi connectivity index (χ1n) is 7.10. The first-order valence-corrected chi connectivity index (χ1v) is 7.10. The van der Waals surface area contributed by atoms with Crippen LogP contribution in [0.3, 0.4) is 0 Å². The summed E-state index contributed by atoms with van der Waals surface area (Å²) in [6, 6.07) is 0. The number of aliphatic hydroxyl groups is 1. The van der Waals surface area contributed by atoms with Crippen LogP contribution in [0.5, 0.6) is 0 Å². The van der Waals surface area contributed by atoms with Gasteiger partial charge in [-0.25, -0.2) is 4.98 Å². The summed E-state index contributed by atoms with van der Waals surface area (Å²) in [7, 11) is 1.60. The fourth-order valence-corrected chi connectivity index (χ4v) is 2.41. The number of hydrogen-bond donors (Lipinski definition) is 3. The van der Waals surface area contributed by atoms with Crippen molar-refractivity contribution in [2.45, 2.75) is 25.8 Å². The Bertz CT molecular complexity index is 691. The highest BCUT2D eigenvalue weighted by atomic mass is 16.5. The summed E-state index contributed by atoms with van der Waals surface area (Å²) >= 11 is 0. The van der Waals surface area contributed by atoms with Crippen LogP contribution in [0, 0.1) is 5.41 Å². The van der Waals surface area contributed by atoms with E-state index in [1.54, 1.807) is 13.2 Å². The molecule has 3 N–H and O–H groups in total. The smallest absolute Gasteiger partial charge is 0.214 e. The quantitative estimate of drug-likeness (QED) is 0.488. The van der Waals surface area contributed by atoms with E-state index in [1.165, 1.54) is 0 Å². The molecule has 1 aromatic rings. The second-order valence-electron chi connectivity index (χ2n) is 4.90. The van der Waals surface area contributed by atoms with Gasteiger partial charge in [-0.05, 0) is 19.3 Å². The highest BCUT2D eigenvalue weighted by molar-refractivity contribution is 5.31. The Balaban J connectivity index is 2.58. The molecule has 1 aliphatic carbocycles. The number of aryl methyl sites for hydroxylation is 1. The van der Waals surface area contributed by atoms with E-state index in [9.17, 15) is 5.11 Å². The molecule has 21 heavy (non-hydrogen) atoms. The molecule has 0 bridgehead atoms. The topological polar surface area (TPSA) is 83.2 Å². The van der Waals surface area contributed by atoms with Gasteiger partial charge in [0.1, 0.15) is 0 Å². The summed E-state index contributed by atoms with van der Waals surface area (Å²) in [5, 5.41) is 22.5. The predicted molar refractivity (Wildman–Crippen MR) is 80.8 cm³/mol.